The Hall–Kier alpha value is -2.89. The van der Waals surface area contributed by atoms with E-state index in [-0.39, 0.29) is 31.1 Å². The van der Waals surface area contributed by atoms with Gasteiger partial charge in [-0.3, -0.25) is 14.4 Å². The van der Waals surface area contributed by atoms with Crippen LogP contribution in [0.15, 0.2) is 60.8 Å². The van der Waals surface area contributed by atoms with Crippen LogP contribution in [0.5, 0.6) is 0 Å². The number of unbranched alkanes of at least 4 members (excludes halogenated alkanes) is 47. The lowest BCUT2D eigenvalue weighted by atomic mass is 10.0. The lowest BCUT2D eigenvalue weighted by Crippen LogP contribution is -2.30. The van der Waals surface area contributed by atoms with E-state index >= 15 is 0 Å². The summed E-state index contributed by atoms with van der Waals surface area (Å²) in [5.74, 6) is -0.846. The fraction of sp³-hybridized carbons (Fsp3) is 0.831. The average molecular weight is 1160 g/mol. The topological polar surface area (TPSA) is 78.9 Å². The van der Waals surface area contributed by atoms with Crippen molar-refractivity contribution in [2.75, 3.05) is 13.2 Å². The average Bonchev–Trinajstić information content (AvgIpc) is 3.49. The Bertz CT molecular complexity index is 1470. The van der Waals surface area contributed by atoms with Crippen molar-refractivity contribution in [3.8, 4) is 0 Å². The molecule has 0 aromatic rings. The van der Waals surface area contributed by atoms with E-state index in [4.69, 9.17) is 14.2 Å². The molecule has 0 amide bonds. The van der Waals surface area contributed by atoms with Crippen LogP contribution in [-0.2, 0) is 28.6 Å². The minimum absolute atomic E-state index is 0.0698. The summed E-state index contributed by atoms with van der Waals surface area (Å²) in [6, 6.07) is 0. The van der Waals surface area contributed by atoms with Crippen LogP contribution in [0, 0.1) is 0 Å². The van der Waals surface area contributed by atoms with Gasteiger partial charge in [0.25, 0.3) is 0 Å². The van der Waals surface area contributed by atoms with Crippen LogP contribution in [0.25, 0.3) is 0 Å². The van der Waals surface area contributed by atoms with Crippen molar-refractivity contribution >= 4 is 17.9 Å². The Balaban J connectivity index is 4.31. The highest BCUT2D eigenvalue weighted by atomic mass is 16.6. The van der Waals surface area contributed by atoms with Crippen molar-refractivity contribution in [1.82, 2.24) is 0 Å². The van der Waals surface area contributed by atoms with Crippen molar-refractivity contribution in [1.29, 1.82) is 0 Å². The molecule has 0 fully saturated rings. The monoisotopic (exact) mass is 1160 g/mol. The maximum atomic E-state index is 13.0. The summed E-state index contributed by atoms with van der Waals surface area (Å²) >= 11 is 0. The zero-order valence-corrected chi connectivity index (χ0v) is 55.7. The number of hydrogen-bond acceptors (Lipinski definition) is 6. The second kappa shape index (κ2) is 71.6. The molecular weight excluding hydrogens is 1020 g/mol. The number of allylic oxidation sites excluding steroid dienone is 10. The van der Waals surface area contributed by atoms with E-state index in [1.807, 2.05) is 0 Å². The molecular formula is C77H140O6. The summed E-state index contributed by atoms with van der Waals surface area (Å²) in [6.45, 7) is 6.60. The number of rotatable bonds is 68. The van der Waals surface area contributed by atoms with Crippen molar-refractivity contribution in [3.05, 3.63) is 60.8 Å². The molecule has 1 atom stereocenters. The molecule has 1 unspecified atom stereocenters. The largest absolute Gasteiger partial charge is 0.462 e. The first-order chi connectivity index (χ1) is 41.0. The standard InChI is InChI=1S/C77H140O6/c1-4-7-10-13-16-19-22-25-28-31-33-35-37-38-40-41-43-46-49-52-55-58-61-64-67-70-76(79)82-73-74(72-81-75(78)69-66-63-60-57-54-51-48-45-30-27-24-21-18-15-12-9-6-3)83-77(80)71-68-65-62-59-56-53-50-47-44-42-39-36-34-32-29-26-23-20-17-14-11-8-5-2/h7,10,16,19,25,28,33,35,38,40,74H,4-6,8-9,11-15,17-18,20-24,26-27,29-32,34,36-37,39,41-73H2,1-3H3/b10-7-,19-16-,28-25-,35-33-,40-38-. The van der Waals surface area contributed by atoms with Gasteiger partial charge in [0.05, 0.1) is 0 Å². The Morgan fingerprint density at radius 3 is 0.735 bits per heavy atom. The van der Waals surface area contributed by atoms with Crippen molar-refractivity contribution in [3.63, 3.8) is 0 Å². The third-order valence-corrected chi connectivity index (χ3v) is 16.5. The molecule has 6 nitrogen and oxygen atoms in total. The first-order valence-corrected chi connectivity index (χ1v) is 36.8. The Morgan fingerprint density at radius 1 is 0.253 bits per heavy atom. The molecule has 6 heteroatoms. The SMILES string of the molecule is CC/C=C\C/C=C\C/C=C\C/C=C\C/C=C\CCCCCCCCCCCC(=O)OCC(COC(=O)CCCCCCCCCCCCCCCCCCC)OC(=O)CCCCCCCCCCCCCCCCCCCCCCCCC. The van der Waals surface area contributed by atoms with Gasteiger partial charge in [0, 0.05) is 19.3 Å². The third kappa shape index (κ3) is 69.8. The third-order valence-electron chi connectivity index (χ3n) is 16.5. The van der Waals surface area contributed by atoms with Gasteiger partial charge in [0.15, 0.2) is 6.10 Å². The van der Waals surface area contributed by atoms with Crippen LogP contribution in [-0.4, -0.2) is 37.2 Å². The van der Waals surface area contributed by atoms with Gasteiger partial charge in [-0.1, -0.05) is 370 Å². The van der Waals surface area contributed by atoms with Crippen LogP contribution in [0.2, 0.25) is 0 Å². The molecule has 0 aromatic carbocycles. The van der Waals surface area contributed by atoms with Gasteiger partial charge >= 0.3 is 17.9 Å². The number of carbonyl (C=O) groups excluding carboxylic acids is 3. The summed E-state index contributed by atoms with van der Waals surface area (Å²) in [7, 11) is 0. The zero-order chi connectivity index (χ0) is 59.9. The summed E-state index contributed by atoms with van der Waals surface area (Å²) in [4.78, 5) is 38.5. The van der Waals surface area contributed by atoms with Crippen LogP contribution in [0.3, 0.4) is 0 Å². The predicted molar refractivity (Wildman–Crippen MR) is 362 cm³/mol. The maximum absolute atomic E-state index is 13.0. The second-order valence-electron chi connectivity index (χ2n) is 24.8. The van der Waals surface area contributed by atoms with Crippen LogP contribution >= 0.6 is 0 Å². The highest BCUT2D eigenvalue weighted by Gasteiger charge is 2.19. The van der Waals surface area contributed by atoms with Gasteiger partial charge in [-0.2, -0.15) is 0 Å². The predicted octanol–water partition coefficient (Wildman–Crippen LogP) is 25.5. The molecule has 0 rings (SSSR count). The van der Waals surface area contributed by atoms with E-state index in [1.54, 1.807) is 0 Å². The molecule has 0 aliphatic heterocycles. The lowest BCUT2D eigenvalue weighted by Gasteiger charge is -2.18. The number of hydrogen-bond donors (Lipinski definition) is 0. The van der Waals surface area contributed by atoms with Crippen molar-refractivity contribution < 1.29 is 28.6 Å². The summed E-state index contributed by atoms with van der Waals surface area (Å²) in [5, 5.41) is 0. The quantitative estimate of drug-likeness (QED) is 0.0261. The van der Waals surface area contributed by atoms with Crippen LogP contribution in [0.1, 0.15) is 393 Å². The minimum atomic E-state index is -0.775. The smallest absolute Gasteiger partial charge is 0.306 e. The molecule has 83 heavy (non-hydrogen) atoms. The number of ether oxygens (including phenoxy) is 3. The molecule has 0 radical (unpaired) electrons. The van der Waals surface area contributed by atoms with Gasteiger partial charge in [0.2, 0.25) is 0 Å². The normalized spacial score (nSPS) is 12.4. The van der Waals surface area contributed by atoms with Gasteiger partial charge in [0.1, 0.15) is 13.2 Å². The van der Waals surface area contributed by atoms with E-state index in [2.05, 4.69) is 81.5 Å². The second-order valence-corrected chi connectivity index (χ2v) is 24.8. The molecule has 484 valence electrons. The molecule has 0 aromatic heterocycles. The van der Waals surface area contributed by atoms with Crippen LogP contribution in [0.4, 0.5) is 0 Å². The van der Waals surface area contributed by atoms with Gasteiger partial charge < -0.3 is 14.2 Å². The highest BCUT2D eigenvalue weighted by molar-refractivity contribution is 5.71. The van der Waals surface area contributed by atoms with E-state index in [0.29, 0.717) is 19.3 Å². The summed E-state index contributed by atoms with van der Waals surface area (Å²) < 4.78 is 17.0. The molecule has 0 aliphatic carbocycles. The molecule has 0 bridgehead atoms. The summed E-state index contributed by atoms with van der Waals surface area (Å²) in [6.07, 6.45) is 92.5. The van der Waals surface area contributed by atoms with Crippen molar-refractivity contribution in [2.24, 2.45) is 0 Å². The Morgan fingerprint density at radius 2 is 0.470 bits per heavy atom. The Labute approximate surface area is 517 Å². The highest BCUT2D eigenvalue weighted by Crippen LogP contribution is 2.19. The fourth-order valence-corrected chi connectivity index (χ4v) is 11.1. The fourth-order valence-electron chi connectivity index (χ4n) is 11.1. The van der Waals surface area contributed by atoms with E-state index in [1.165, 1.54) is 257 Å². The zero-order valence-electron chi connectivity index (χ0n) is 55.7. The molecule has 0 saturated carbocycles. The van der Waals surface area contributed by atoms with E-state index in [9.17, 15) is 14.4 Å². The van der Waals surface area contributed by atoms with Gasteiger partial charge in [-0.25, -0.2) is 0 Å². The lowest BCUT2D eigenvalue weighted by molar-refractivity contribution is -0.167. The first-order valence-electron chi connectivity index (χ1n) is 36.8. The molecule has 0 spiro atoms. The van der Waals surface area contributed by atoms with Crippen LogP contribution < -0.4 is 0 Å². The van der Waals surface area contributed by atoms with Crippen molar-refractivity contribution in [2.45, 2.75) is 399 Å². The van der Waals surface area contributed by atoms with Gasteiger partial charge in [-0.15, -0.1) is 0 Å². The maximum Gasteiger partial charge on any atom is 0.306 e. The first kappa shape index (κ1) is 80.1. The molecule has 0 N–H and O–H groups in total. The number of carbonyl (C=O) groups is 3. The minimum Gasteiger partial charge on any atom is -0.462 e. The number of esters is 3. The summed E-state index contributed by atoms with van der Waals surface area (Å²) in [5.41, 5.74) is 0. The molecule has 0 heterocycles. The van der Waals surface area contributed by atoms with E-state index in [0.717, 1.165) is 96.3 Å². The Kier molecular flexibility index (Phi) is 69.1. The molecule has 0 saturated heterocycles. The van der Waals surface area contributed by atoms with E-state index < -0.39 is 6.10 Å². The van der Waals surface area contributed by atoms with Gasteiger partial charge in [-0.05, 0) is 64.2 Å². The molecule has 0 aliphatic rings.